The average Bonchev–Trinajstić information content (AvgIpc) is 2.75. The molecule has 2 aromatic carbocycles. The molecule has 0 bridgehead atoms. The fourth-order valence-corrected chi connectivity index (χ4v) is 3.68. The molecule has 2 unspecified atom stereocenters. The van der Waals surface area contributed by atoms with E-state index in [0.29, 0.717) is 18.5 Å². The van der Waals surface area contributed by atoms with Gasteiger partial charge in [-0.25, -0.2) is 0 Å². The van der Waals surface area contributed by atoms with Crippen molar-refractivity contribution in [3.8, 4) is 0 Å². The molecule has 1 aliphatic heterocycles. The van der Waals surface area contributed by atoms with Gasteiger partial charge >= 0.3 is 5.97 Å². The highest BCUT2D eigenvalue weighted by molar-refractivity contribution is 5.90. The van der Waals surface area contributed by atoms with Gasteiger partial charge in [0.05, 0.1) is 0 Å². The molecular weight excluding hydrogens is 368 g/mol. The third-order valence-electron chi connectivity index (χ3n) is 5.53. The number of nitrogens with one attached hydrogen (secondary N) is 1. The number of carboxylic acid groups (broad SMARTS) is 1. The summed E-state index contributed by atoms with van der Waals surface area (Å²) in [7, 11) is 0. The predicted octanol–water partition coefficient (Wildman–Crippen LogP) is 2.90. The minimum atomic E-state index is -1.27. The summed E-state index contributed by atoms with van der Waals surface area (Å²) in [5.41, 5.74) is 0.0551. The van der Waals surface area contributed by atoms with Gasteiger partial charge in [0.1, 0.15) is 11.5 Å². The lowest BCUT2D eigenvalue weighted by Crippen LogP contribution is -2.50. The normalized spacial score (nSPS) is 17.3. The summed E-state index contributed by atoms with van der Waals surface area (Å²) in [6.45, 7) is 2.03. The van der Waals surface area contributed by atoms with E-state index in [-0.39, 0.29) is 18.4 Å². The van der Waals surface area contributed by atoms with Crippen LogP contribution in [0.1, 0.15) is 43.4 Å². The Morgan fingerprint density at radius 2 is 1.69 bits per heavy atom. The van der Waals surface area contributed by atoms with E-state index >= 15 is 0 Å². The zero-order valence-electron chi connectivity index (χ0n) is 16.5. The van der Waals surface area contributed by atoms with Crippen molar-refractivity contribution in [2.75, 3.05) is 13.1 Å². The van der Waals surface area contributed by atoms with Crippen LogP contribution in [0.15, 0.2) is 60.7 Å². The Labute approximate surface area is 170 Å². The van der Waals surface area contributed by atoms with Crippen LogP contribution in [0.3, 0.4) is 0 Å². The SMILES string of the molecule is CC(CNC(=O)C(c1ccccc1)N1CCCCC1=O)(C(=O)O)c1ccccc1. The molecule has 2 aromatic rings. The number of carboxylic acids is 1. The van der Waals surface area contributed by atoms with Gasteiger partial charge in [-0.05, 0) is 30.9 Å². The van der Waals surface area contributed by atoms with Gasteiger partial charge in [0.15, 0.2) is 0 Å². The smallest absolute Gasteiger partial charge is 0.315 e. The molecule has 0 aromatic heterocycles. The summed E-state index contributed by atoms with van der Waals surface area (Å²) in [6.07, 6.45) is 2.09. The molecule has 1 fully saturated rings. The first kappa shape index (κ1) is 20.6. The predicted molar refractivity (Wildman–Crippen MR) is 109 cm³/mol. The van der Waals surface area contributed by atoms with Crippen LogP contribution in [0.4, 0.5) is 0 Å². The van der Waals surface area contributed by atoms with Crippen molar-refractivity contribution in [3.63, 3.8) is 0 Å². The van der Waals surface area contributed by atoms with Crippen molar-refractivity contribution in [3.05, 3.63) is 71.8 Å². The summed E-state index contributed by atoms with van der Waals surface area (Å²) < 4.78 is 0. The second-order valence-electron chi connectivity index (χ2n) is 7.58. The highest BCUT2D eigenvalue weighted by atomic mass is 16.4. The van der Waals surface area contributed by atoms with E-state index in [4.69, 9.17) is 0 Å². The molecule has 0 radical (unpaired) electrons. The molecule has 6 nitrogen and oxygen atoms in total. The van der Waals surface area contributed by atoms with Crippen LogP contribution in [0.2, 0.25) is 0 Å². The standard InChI is InChI=1S/C23H26N2O4/c1-23(22(28)29,18-12-6-3-7-13-18)16-24-21(27)20(17-10-4-2-5-11-17)25-15-9-8-14-19(25)26/h2-7,10-13,20H,8-9,14-16H2,1H3,(H,24,27)(H,28,29). The first-order valence-corrected chi connectivity index (χ1v) is 9.84. The highest BCUT2D eigenvalue weighted by Crippen LogP contribution is 2.27. The summed E-state index contributed by atoms with van der Waals surface area (Å²) in [5, 5.41) is 12.6. The van der Waals surface area contributed by atoms with E-state index < -0.39 is 17.4 Å². The zero-order chi connectivity index (χ0) is 20.9. The van der Waals surface area contributed by atoms with Crippen LogP contribution in [0.5, 0.6) is 0 Å². The largest absolute Gasteiger partial charge is 0.481 e. The van der Waals surface area contributed by atoms with Crippen molar-refractivity contribution >= 4 is 17.8 Å². The number of aliphatic carboxylic acids is 1. The Morgan fingerprint density at radius 1 is 1.07 bits per heavy atom. The molecule has 0 spiro atoms. The van der Waals surface area contributed by atoms with Crippen LogP contribution < -0.4 is 5.32 Å². The van der Waals surface area contributed by atoms with Gasteiger partial charge in [0.25, 0.3) is 0 Å². The molecule has 2 N–H and O–H groups in total. The van der Waals surface area contributed by atoms with Gasteiger partial charge in [-0.3, -0.25) is 14.4 Å². The van der Waals surface area contributed by atoms with Crippen molar-refractivity contribution < 1.29 is 19.5 Å². The summed E-state index contributed by atoms with van der Waals surface area (Å²) in [6, 6.07) is 17.2. The van der Waals surface area contributed by atoms with Gasteiger partial charge < -0.3 is 15.3 Å². The number of carbonyl (C=O) groups is 3. The van der Waals surface area contributed by atoms with Gasteiger partial charge in [-0.15, -0.1) is 0 Å². The Bertz CT molecular complexity index is 869. The zero-order valence-corrected chi connectivity index (χ0v) is 16.5. The number of likely N-dealkylation sites (tertiary alicyclic amines) is 1. The van der Waals surface area contributed by atoms with Crippen molar-refractivity contribution in [2.24, 2.45) is 0 Å². The molecular formula is C23H26N2O4. The minimum absolute atomic E-state index is 0.0516. The fourth-order valence-electron chi connectivity index (χ4n) is 3.68. The molecule has 3 rings (SSSR count). The topological polar surface area (TPSA) is 86.7 Å². The molecule has 1 saturated heterocycles. The minimum Gasteiger partial charge on any atom is -0.481 e. The Hall–Kier alpha value is -3.15. The van der Waals surface area contributed by atoms with Crippen molar-refractivity contribution in [2.45, 2.75) is 37.6 Å². The monoisotopic (exact) mass is 394 g/mol. The molecule has 1 aliphatic rings. The molecule has 2 amide bonds. The van der Waals surface area contributed by atoms with Gasteiger partial charge in [0.2, 0.25) is 11.8 Å². The molecule has 0 saturated carbocycles. The van der Waals surface area contributed by atoms with Crippen LogP contribution in [-0.2, 0) is 19.8 Å². The van der Waals surface area contributed by atoms with Gasteiger partial charge in [-0.2, -0.15) is 0 Å². The summed E-state index contributed by atoms with van der Waals surface area (Å²) in [4.78, 5) is 39.3. The van der Waals surface area contributed by atoms with Crippen LogP contribution in [-0.4, -0.2) is 40.9 Å². The Kier molecular flexibility index (Phi) is 6.32. The van der Waals surface area contributed by atoms with E-state index in [2.05, 4.69) is 5.32 Å². The van der Waals surface area contributed by atoms with Gasteiger partial charge in [0, 0.05) is 19.5 Å². The molecule has 2 atom stereocenters. The molecule has 6 heteroatoms. The maximum absolute atomic E-state index is 13.2. The maximum atomic E-state index is 13.2. The lowest BCUT2D eigenvalue weighted by Gasteiger charge is -2.35. The third-order valence-corrected chi connectivity index (χ3v) is 5.53. The number of carbonyl (C=O) groups excluding carboxylic acids is 2. The van der Waals surface area contributed by atoms with E-state index in [1.165, 1.54) is 0 Å². The number of nitrogens with zero attached hydrogens (tertiary/aromatic N) is 1. The molecule has 1 heterocycles. The molecule has 152 valence electrons. The number of hydrogen-bond acceptors (Lipinski definition) is 3. The van der Waals surface area contributed by atoms with E-state index in [1.54, 1.807) is 36.1 Å². The van der Waals surface area contributed by atoms with Crippen LogP contribution in [0.25, 0.3) is 0 Å². The second kappa shape index (κ2) is 8.90. The number of piperidine rings is 1. The van der Waals surface area contributed by atoms with E-state index in [0.717, 1.165) is 18.4 Å². The quantitative estimate of drug-likeness (QED) is 0.756. The first-order chi connectivity index (χ1) is 13.9. The van der Waals surface area contributed by atoms with E-state index in [9.17, 15) is 19.5 Å². The second-order valence-corrected chi connectivity index (χ2v) is 7.58. The highest BCUT2D eigenvalue weighted by Gasteiger charge is 2.38. The van der Waals surface area contributed by atoms with E-state index in [1.807, 2.05) is 36.4 Å². The fraction of sp³-hybridized carbons (Fsp3) is 0.348. The lowest BCUT2D eigenvalue weighted by atomic mass is 9.82. The maximum Gasteiger partial charge on any atom is 0.315 e. The molecule has 29 heavy (non-hydrogen) atoms. The molecule has 0 aliphatic carbocycles. The Balaban J connectivity index is 1.84. The van der Waals surface area contributed by atoms with Crippen LogP contribution >= 0.6 is 0 Å². The summed E-state index contributed by atoms with van der Waals surface area (Å²) >= 11 is 0. The Morgan fingerprint density at radius 3 is 2.28 bits per heavy atom. The number of benzene rings is 2. The van der Waals surface area contributed by atoms with Gasteiger partial charge in [-0.1, -0.05) is 60.7 Å². The summed E-state index contributed by atoms with van der Waals surface area (Å²) in [5.74, 6) is -1.44. The first-order valence-electron chi connectivity index (χ1n) is 9.84. The lowest BCUT2D eigenvalue weighted by molar-refractivity contribution is -0.145. The number of hydrogen-bond donors (Lipinski definition) is 2. The van der Waals surface area contributed by atoms with Crippen molar-refractivity contribution in [1.82, 2.24) is 10.2 Å². The average molecular weight is 394 g/mol. The van der Waals surface area contributed by atoms with Crippen molar-refractivity contribution in [1.29, 1.82) is 0 Å². The number of amides is 2. The van der Waals surface area contributed by atoms with Crippen LogP contribution in [0, 0.1) is 0 Å². The third kappa shape index (κ3) is 4.47. The number of rotatable bonds is 7.